The van der Waals surface area contributed by atoms with Crippen LogP contribution in [0.3, 0.4) is 0 Å². The van der Waals surface area contributed by atoms with Crippen LogP contribution in [0.5, 0.6) is 0 Å². The Hall–Kier alpha value is -2.03. The average molecular weight is 343 g/mol. The zero-order chi connectivity index (χ0) is 15.0. The third-order valence-electron chi connectivity index (χ3n) is 3.13. The SMILES string of the molecule is Cc1c([N+](=O)[O-])cnc(NC2CC(=O)N(C)C2=O)c1Br. The minimum atomic E-state index is -0.697. The molecule has 0 saturated carbocycles. The fourth-order valence-corrected chi connectivity index (χ4v) is 2.31. The monoisotopic (exact) mass is 342 g/mol. The minimum Gasteiger partial charge on any atom is -0.357 e. The Kier molecular flexibility index (Phi) is 3.71. The van der Waals surface area contributed by atoms with E-state index in [1.54, 1.807) is 6.92 Å². The quantitative estimate of drug-likeness (QED) is 0.503. The van der Waals surface area contributed by atoms with Gasteiger partial charge in [0.05, 0.1) is 15.8 Å². The molecule has 106 valence electrons. The van der Waals surface area contributed by atoms with Crippen molar-refractivity contribution in [3.8, 4) is 0 Å². The Morgan fingerprint density at radius 1 is 1.55 bits per heavy atom. The molecule has 1 aliphatic heterocycles. The zero-order valence-corrected chi connectivity index (χ0v) is 12.3. The van der Waals surface area contributed by atoms with Crippen LogP contribution in [0.4, 0.5) is 11.5 Å². The number of likely N-dealkylation sites (tertiary alicyclic amines) is 1. The molecule has 2 heterocycles. The van der Waals surface area contributed by atoms with Crippen molar-refractivity contribution in [1.82, 2.24) is 9.88 Å². The summed E-state index contributed by atoms with van der Waals surface area (Å²) in [6.45, 7) is 1.57. The van der Waals surface area contributed by atoms with Gasteiger partial charge in [0.1, 0.15) is 18.1 Å². The van der Waals surface area contributed by atoms with E-state index < -0.39 is 11.0 Å². The summed E-state index contributed by atoms with van der Waals surface area (Å²) < 4.78 is 0.404. The van der Waals surface area contributed by atoms with Gasteiger partial charge in [-0.2, -0.15) is 0 Å². The summed E-state index contributed by atoms with van der Waals surface area (Å²) in [5.41, 5.74) is 0.283. The van der Waals surface area contributed by atoms with Gasteiger partial charge in [0, 0.05) is 12.6 Å². The molecule has 20 heavy (non-hydrogen) atoms. The molecule has 1 aromatic heterocycles. The number of nitrogens with one attached hydrogen (secondary N) is 1. The number of pyridine rings is 1. The van der Waals surface area contributed by atoms with Gasteiger partial charge in [-0.3, -0.25) is 24.6 Å². The summed E-state index contributed by atoms with van der Waals surface area (Å²) in [5, 5.41) is 13.6. The fourth-order valence-electron chi connectivity index (χ4n) is 1.89. The highest BCUT2D eigenvalue weighted by Crippen LogP contribution is 2.31. The van der Waals surface area contributed by atoms with Crippen LogP contribution in [-0.2, 0) is 9.59 Å². The van der Waals surface area contributed by atoms with E-state index in [1.807, 2.05) is 0 Å². The van der Waals surface area contributed by atoms with Crippen molar-refractivity contribution in [1.29, 1.82) is 0 Å². The first-order valence-electron chi connectivity index (χ1n) is 5.69. The molecule has 1 fully saturated rings. The van der Waals surface area contributed by atoms with Crippen molar-refractivity contribution >= 4 is 39.2 Å². The van der Waals surface area contributed by atoms with Gasteiger partial charge in [-0.25, -0.2) is 4.98 Å². The fraction of sp³-hybridized carbons (Fsp3) is 0.364. The maximum atomic E-state index is 11.8. The molecule has 0 bridgehead atoms. The summed E-state index contributed by atoms with van der Waals surface area (Å²) in [6, 6.07) is -0.697. The highest BCUT2D eigenvalue weighted by molar-refractivity contribution is 9.10. The van der Waals surface area contributed by atoms with E-state index in [9.17, 15) is 19.7 Å². The van der Waals surface area contributed by atoms with E-state index >= 15 is 0 Å². The van der Waals surface area contributed by atoms with Crippen molar-refractivity contribution < 1.29 is 14.5 Å². The van der Waals surface area contributed by atoms with Gasteiger partial charge in [-0.05, 0) is 22.9 Å². The molecule has 0 aromatic carbocycles. The van der Waals surface area contributed by atoms with Gasteiger partial charge in [-0.15, -0.1) is 0 Å². The van der Waals surface area contributed by atoms with E-state index in [0.717, 1.165) is 11.1 Å². The second-order valence-corrected chi connectivity index (χ2v) is 5.17. The molecule has 1 saturated heterocycles. The van der Waals surface area contributed by atoms with Gasteiger partial charge in [0.25, 0.3) is 11.6 Å². The van der Waals surface area contributed by atoms with E-state index in [4.69, 9.17) is 0 Å². The second kappa shape index (κ2) is 5.16. The lowest BCUT2D eigenvalue weighted by Gasteiger charge is -2.13. The summed E-state index contributed by atoms with van der Waals surface area (Å²) >= 11 is 3.22. The largest absolute Gasteiger partial charge is 0.357 e. The van der Waals surface area contributed by atoms with Crippen molar-refractivity contribution in [2.75, 3.05) is 12.4 Å². The Morgan fingerprint density at radius 2 is 2.20 bits per heavy atom. The number of anilines is 1. The average Bonchev–Trinajstić information content (AvgIpc) is 2.62. The van der Waals surface area contributed by atoms with Crippen LogP contribution >= 0.6 is 15.9 Å². The number of carbonyl (C=O) groups excluding carboxylic acids is 2. The van der Waals surface area contributed by atoms with Crippen LogP contribution < -0.4 is 5.32 Å². The van der Waals surface area contributed by atoms with Gasteiger partial charge in [0.15, 0.2) is 0 Å². The number of aromatic nitrogens is 1. The third kappa shape index (κ3) is 2.36. The molecular weight excluding hydrogens is 332 g/mol. The molecule has 1 aromatic rings. The van der Waals surface area contributed by atoms with Crippen molar-refractivity contribution in [3.63, 3.8) is 0 Å². The van der Waals surface area contributed by atoms with Crippen molar-refractivity contribution in [2.45, 2.75) is 19.4 Å². The molecule has 8 nitrogen and oxygen atoms in total. The highest BCUT2D eigenvalue weighted by atomic mass is 79.9. The summed E-state index contributed by atoms with van der Waals surface area (Å²) in [7, 11) is 1.41. The van der Waals surface area contributed by atoms with E-state index in [-0.39, 0.29) is 23.9 Å². The number of amides is 2. The van der Waals surface area contributed by atoms with Crippen LogP contribution in [0.1, 0.15) is 12.0 Å². The first kappa shape index (κ1) is 14.4. The number of imide groups is 1. The summed E-state index contributed by atoms with van der Waals surface area (Å²) in [6.07, 6.45) is 1.16. The third-order valence-corrected chi connectivity index (χ3v) is 4.10. The molecule has 0 aliphatic carbocycles. The van der Waals surface area contributed by atoms with Gasteiger partial charge in [-0.1, -0.05) is 0 Å². The molecule has 0 spiro atoms. The van der Waals surface area contributed by atoms with Gasteiger partial charge < -0.3 is 5.32 Å². The second-order valence-electron chi connectivity index (χ2n) is 4.38. The van der Waals surface area contributed by atoms with Crippen LogP contribution in [0, 0.1) is 17.0 Å². The van der Waals surface area contributed by atoms with Gasteiger partial charge >= 0.3 is 0 Å². The van der Waals surface area contributed by atoms with E-state index in [2.05, 4.69) is 26.2 Å². The van der Waals surface area contributed by atoms with Crippen LogP contribution in [0.25, 0.3) is 0 Å². The molecule has 1 unspecified atom stereocenters. The Labute approximate surface area is 122 Å². The number of nitrogens with zero attached hydrogens (tertiary/aromatic N) is 3. The first-order chi connectivity index (χ1) is 9.32. The molecular formula is C11H11BrN4O4. The molecule has 1 atom stereocenters. The maximum absolute atomic E-state index is 11.8. The number of halogens is 1. The summed E-state index contributed by atoms with van der Waals surface area (Å²) in [4.78, 5) is 38.4. The standard InChI is InChI=1S/C11H11BrN4O4/c1-5-7(16(19)20)4-13-10(9(5)12)14-6-3-8(17)15(2)11(6)18/h4,6H,3H2,1-2H3,(H,13,14). The molecule has 0 radical (unpaired) electrons. The highest BCUT2D eigenvalue weighted by Gasteiger charge is 2.36. The van der Waals surface area contributed by atoms with Crippen molar-refractivity contribution in [3.05, 3.63) is 26.3 Å². The van der Waals surface area contributed by atoms with E-state index in [1.165, 1.54) is 7.05 Å². The minimum absolute atomic E-state index is 0.0412. The van der Waals surface area contributed by atoms with Crippen LogP contribution in [0.15, 0.2) is 10.7 Å². The van der Waals surface area contributed by atoms with Crippen molar-refractivity contribution in [2.24, 2.45) is 0 Å². The van der Waals surface area contributed by atoms with Crippen LogP contribution in [0.2, 0.25) is 0 Å². The normalized spacial score (nSPS) is 18.6. The number of hydrogen-bond donors (Lipinski definition) is 1. The van der Waals surface area contributed by atoms with Crippen LogP contribution in [-0.4, -0.2) is 39.7 Å². The number of hydrogen-bond acceptors (Lipinski definition) is 6. The Bertz CT molecular complexity index is 619. The molecule has 9 heteroatoms. The van der Waals surface area contributed by atoms with E-state index in [0.29, 0.717) is 15.9 Å². The van der Waals surface area contributed by atoms with Gasteiger partial charge in [0.2, 0.25) is 5.91 Å². The first-order valence-corrected chi connectivity index (χ1v) is 6.48. The molecule has 1 aliphatic rings. The summed E-state index contributed by atoms with van der Waals surface area (Å²) in [5.74, 6) is -0.323. The zero-order valence-electron chi connectivity index (χ0n) is 10.7. The number of nitro groups is 1. The lowest BCUT2D eigenvalue weighted by atomic mass is 10.2. The molecule has 1 N–H and O–H groups in total. The predicted octanol–water partition coefficient (Wildman–Crippen LogP) is 1.23. The smallest absolute Gasteiger partial charge is 0.291 e. The lowest BCUT2D eigenvalue weighted by molar-refractivity contribution is -0.385. The topological polar surface area (TPSA) is 105 Å². The lowest BCUT2D eigenvalue weighted by Crippen LogP contribution is -2.32. The number of rotatable bonds is 3. The number of likely N-dealkylation sites (N-methyl/N-ethyl adjacent to an activating group) is 1. The number of carbonyl (C=O) groups is 2. The molecule has 2 amide bonds. The molecule has 2 rings (SSSR count). The Morgan fingerprint density at radius 3 is 2.70 bits per heavy atom. The Balaban J connectivity index is 2.28. The maximum Gasteiger partial charge on any atom is 0.291 e. The predicted molar refractivity (Wildman–Crippen MR) is 73.1 cm³/mol.